The van der Waals surface area contributed by atoms with Crippen LogP contribution in [0.3, 0.4) is 0 Å². The fourth-order valence-corrected chi connectivity index (χ4v) is 1.96. The van der Waals surface area contributed by atoms with Crippen molar-refractivity contribution in [3.8, 4) is 17.2 Å². The Morgan fingerprint density at radius 1 is 1.37 bits per heavy atom. The van der Waals surface area contributed by atoms with Crippen LogP contribution in [-0.4, -0.2) is 38.1 Å². The number of rotatable bonds is 6. The third-order valence-electron chi connectivity index (χ3n) is 3.07. The largest absolute Gasteiger partial charge is 0.493 e. The average Bonchev–Trinajstić information content (AvgIpc) is 2.46. The number of hydrogen-bond donors (Lipinski definition) is 2. The van der Waals surface area contributed by atoms with Crippen LogP contribution in [0.25, 0.3) is 0 Å². The van der Waals surface area contributed by atoms with Gasteiger partial charge in [-0.3, -0.25) is 0 Å². The molecule has 5 nitrogen and oxygen atoms in total. The monoisotopic (exact) mass is 267 g/mol. The molecule has 1 aliphatic heterocycles. The quantitative estimate of drug-likeness (QED) is 0.814. The number of benzene rings is 1. The molecule has 0 aliphatic carbocycles. The van der Waals surface area contributed by atoms with E-state index in [1.54, 1.807) is 7.11 Å². The van der Waals surface area contributed by atoms with Gasteiger partial charge in [0.25, 0.3) is 0 Å². The molecule has 2 N–H and O–H groups in total. The molecule has 0 aromatic heterocycles. The lowest BCUT2D eigenvalue weighted by Crippen LogP contribution is -2.25. The maximum Gasteiger partial charge on any atom is 0.203 e. The van der Waals surface area contributed by atoms with Gasteiger partial charge in [-0.25, -0.2) is 0 Å². The van der Waals surface area contributed by atoms with Crippen LogP contribution in [0.1, 0.15) is 18.9 Å². The van der Waals surface area contributed by atoms with Crippen molar-refractivity contribution in [3.63, 3.8) is 0 Å². The maximum atomic E-state index is 9.50. The van der Waals surface area contributed by atoms with E-state index in [9.17, 15) is 5.11 Å². The van der Waals surface area contributed by atoms with Gasteiger partial charge in [0.2, 0.25) is 5.75 Å². The maximum absolute atomic E-state index is 9.50. The minimum absolute atomic E-state index is 0.306. The highest BCUT2D eigenvalue weighted by Crippen LogP contribution is 2.40. The molecular formula is C14H21NO4. The third-order valence-corrected chi connectivity index (χ3v) is 3.07. The molecule has 106 valence electrons. The van der Waals surface area contributed by atoms with E-state index in [4.69, 9.17) is 14.2 Å². The number of nitrogens with one attached hydrogen (secondary N) is 1. The number of hydrogen-bond acceptors (Lipinski definition) is 5. The summed E-state index contributed by atoms with van der Waals surface area (Å²) in [6.07, 6.45) is 0.441. The fourth-order valence-electron chi connectivity index (χ4n) is 1.96. The Morgan fingerprint density at radius 3 is 2.89 bits per heavy atom. The van der Waals surface area contributed by atoms with Crippen LogP contribution in [0.2, 0.25) is 0 Å². The van der Waals surface area contributed by atoms with Gasteiger partial charge in [-0.2, -0.15) is 0 Å². The molecule has 0 saturated heterocycles. The van der Waals surface area contributed by atoms with Crippen LogP contribution in [0.5, 0.6) is 17.2 Å². The van der Waals surface area contributed by atoms with Crippen molar-refractivity contribution in [2.24, 2.45) is 0 Å². The molecule has 0 amide bonds. The zero-order valence-corrected chi connectivity index (χ0v) is 11.4. The molecule has 0 radical (unpaired) electrons. The van der Waals surface area contributed by atoms with Gasteiger partial charge in [-0.15, -0.1) is 0 Å². The Kier molecular flexibility index (Phi) is 4.87. The number of aliphatic hydroxyl groups is 1. The van der Waals surface area contributed by atoms with Crippen molar-refractivity contribution < 1.29 is 19.3 Å². The Bertz CT molecular complexity index is 405. The summed E-state index contributed by atoms with van der Waals surface area (Å²) >= 11 is 0. The predicted molar refractivity (Wildman–Crippen MR) is 72.0 cm³/mol. The van der Waals surface area contributed by atoms with Crippen LogP contribution in [0.4, 0.5) is 0 Å². The van der Waals surface area contributed by atoms with E-state index in [2.05, 4.69) is 5.32 Å². The summed E-state index contributed by atoms with van der Waals surface area (Å²) in [4.78, 5) is 0. The van der Waals surface area contributed by atoms with Gasteiger partial charge in [-0.05, 0) is 24.1 Å². The van der Waals surface area contributed by atoms with Gasteiger partial charge in [0, 0.05) is 13.1 Å². The molecule has 1 aromatic rings. The molecule has 1 aliphatic rings. The van der Waals surface area contributed by atoms with Crippen molar-refractivity contribution in [2.75, 3.05) is 26.9 Å². The summed E-state index contributed by atoms with van der Waals surface area (Å²) < 4.78 is 16.4. The zero-order valence-electron chi connectivity index (χ0n) is 11.4. The molecular weight excluding hydrogens is 246 g/mol. The Hall–Kier alpha value is -1.46. The van der Waals surface area contributed by atoms with E-state index in [1.165, 1.54) is 0 Å². The second-order valence-electron chi connectivity index (χ2n) is 4.52. The van der Waals surface area contributed by atoms with E-state index in [0.717, 1.165) is 17.7 Å². The number of ether oxygens (including phenoxy) is 3. The standard InChI is InChI=1S/C14H21NO4/c1-3-11(16)9-15-8-10-6-12(17-2)14-13(7-10)18-4-5-19-14/h6-7,11,15-16H,3-5,8-9H2,1-2H3. The topological polar surface area (TPSA) is 60.0 Å². The summed E-state index contributed by atoms with van der Waals surface area (Å²) in [6, 6.07) is 3.88. The predicted octanol–water partition coefficient (Wildman–Crippen LogP) is 1.33. The second-order valence-corrected chi connectivity index (χ2v) is 4.52. The number of methoxy groups -OCH3 is 1. The minimum Gasteiger partial charge on any atom is -0.493 e. The highest BCUT2D eigenvalue weighted by Gasteiger charge is 2.18. The van der Waals surface area contributed by atoms with E-state index in [1.807, 2.05) is 19.1 Å². The van der Waals surface area contributed by atoms with Crippen molar-refractivity contribution in [1.82, 2.24) is 5.32 Å². The van der Waals surface area contributed by atoms with E-state index >= 15 is 0 Å². The third kappa shape index (κ3) is 3.52. The first-order valence-corrected chi connectivity index (χ1v) is 6.60. The van der Waals surface area contributed by atoms with E-state index in [-0.39, 0.29) is 6.10 Å². The van der Waals surface area contributed by atoms with Gasteiger partial charge in [-0.1, -0.05) is 6.92 Å². The van der Waals surface area contributed by atoms with Crippen molar-refractivity contribution in [2.45, 2.75) is 26.0 Å². The molecule has 1 heterocycles. The van der Waals surface area contributed by atoms with E-state index < -0.39 is 0 Å². The highest BCUT2D eigenvalue weighted by atomic mass is 16.6. The summed E-state index contributed by atoms with van der Waals surface area (Å²) in [6.45, 7) is 4.29. The average molecular weight is 267 g/mol. The lowest BCUT2D eigenvalue weighted by Gasteiger charge is -2.21. The summed E-state index contributed by atoms with van der Waals surface area (Å²) in [5.74, 6) is 2.08. The summed E-state index contributed by atoms with van der Waals surface area (Å²) in [5.41, 5.74) is 1.05. The van der Waals surface area contributed by atoms with Crippen molar-refractivity contribution in [3.05, 3.63) is 17.7 Å². The molecule has 0 bridgehead atoms. The van der Waals surface area contributed by atoms with Crippen LogP contribution < -0.4 is 19.5 Å². The molecule has 1 aromatic carbocycles. The fraction of sp³-hybridized carbons (Fsp3) is 0.571. The lowest BCUT2D eigenvalue weighted by molar-refractivity contribution is 0.164. The van der Waals surface area contributed by atoms with Gasteiger partial charge in [0.1, 0.15) is 13.2 Å². The molecule has 19 heavy (non-hydrogen) atoms. The first kappa shape index (κ1) is 14.0. The van der Waals surface area contributed by atoms with Gasteiger partial charge in [0.15, 0.2) is 11.5 Å². The normalized spacial score (nSPS) is 15.1. The summed E-state index contributed by atoms with van der Waals surface area (Å²) in [7, 11) is 1.62. The summed E-state index contributed by atoms with van der Waals surface area (Å²) in [5, 5.41) is 12.7. The first-order valence-electron chi connectivity index (χ1n) is 6.60. The molecule has 1 unspecified atom stereocenters. The van der Waals surface area contributed by atoms with Gasteiger partial charge < -0.3 is 24.6 Å². The number of fused-ring (bicyclic) bond motifs is 1. The van der Waals surface area contributed by atoms with E-state index in [0.29, 0.717) is 37.8 Å². The Balaban J connectivity index is 2.05. The molecule has 0 spiro atoms. The van der Waals surface area contributed by atoms with Crippen molar-refractivity contribution in [1.29, 1.82) is 0 Å². The van der Waals surface area contributed by atoms with Crippen molar-refractivity contribution >= 4 is 0 Å². The molecule has 0 saturated carbocycles. The Labute approximate surface area is 113 Å². The second kappa shape index (κ2) is 6.63. The SMILES string of the molecule is CCC(O)CNCc1cc(OC)c2c(c1)OCCO2. The van der Waals surface area contributed by atoms with Crippen LogP contribution in [0.15, 0.2) is 12.1 Å². The van der Waals surface area contributed by atoms with Crippen LogP contribution in [-0.2, 0) is 6.54 Å². The molecule has 2 rings (SSSR count). The minimum atomic E-state index is -0.306. The Morgan fingerprint density at radius 2 is 2.16 bits per heavy atom. The van der Waals surface area contributed by atoms with Gasteiger partial charge >= 0.3 is 0 Å². The zero-order chi connectivity index (χ0) is 13.7. The smallest absolute Gasteiger partial charge is 0.203 e. The van der Waals surface area contributed by atoms with Crippen LogP contribution >= 0.6 is 0 Å². The number of aliphatic hydroxyl groups excluding tert-OH is 1. The molecule has 1 atom stereocenters. The molecule has 0 fully saturated rings. The highest BCUT2D eigenvalue weighted by molar-refractivity contribution is 5.54. The first-order chi connectivity index (χ1) is 9.24. The molecule has 5 heteroatoms. The lowest BCUT2D eigenvalue weighted by atomic mass is 10.1. The van der Waals surface area contributed by atoms with Crippen LogP contribution in [0, 0.1) is 0 Å². The van der Waals surface area contributed by atoms with Gasteiger partial charge in [0.05, 0.1) is 13.2 Å².